The van der Waals surface area contributed by atoms with Gasteiger partial charge >= 0.3 is 0 Å². The molecule has 1 saturated heterocycles. The minimum absolute atomic E-state index is 0.182. The molecule has 0 aromatic heterocycles. The second-order valence-electron chi connectivity index (χ2n) is 12.2. The largest absolute Gasteiger partial charge is 0.368 e. The van der Waals surface area contributed by atoms with Gasteiger partial charge < -0.3 is 28.0 Å². The molecule has 0 N–H and O–H groups in total. The Morgan fingerprint density at radius 1 is 0.681 bits per heavy atom. The highest BCUT2D eigenvalue weighted by molar-refractivity contribution is 7.44. The van der Waals surface area contributed by atoms with Gasteiger partial charge in [-0.25, -0.2) is 4.67 Å². The molecule has 1 aliphatic rings. The summed E-state index contributed by atoms with van der Waals surface area (Å²) >= 11 is 0. The molecule has 0 amide bonds. The summed E-state index contributed by atoms with van der Waals surface area (Å²) in [5, 5.41) is 9.18. The molecule has 1 unspecified atom stereocenters. The molecule has 1 aliphatic heterocycles. The van der Waals surface area contributed by atoms with Crippen molar-refractivity contribution in [3.63, 3.8) is 0 Å². The summed E-state index contributed by atoms with van der Waals surface area (Å²) in [5.74, 6) is 0. The number of nitrogens with zero attached hydrogens (tertiary/aromatic N) is 2. The van der Waals surface area contributed by atoms with Gasteiger partial charge in [-0.15, -0.1) is 0 Å². The van der Waals surface area contributed by atoms with Crippen molar-refractivity contribution in [2.24, 2.45) is 0 Å². The Kier molecular flexibility index (Phi) is 15.8. The predicted molar refractivity (Wildman–Crippen MR) is 185 cm³/mol. The number of hydrogen-bond acceptors (Lipinski definition) is 8. The molecule has 0 spiro atoms. The maximum Gasteiger partial charge on any atom is 0.259 e. The first kappa shape index (κ1) is 37.1. The van der Waals surface area contributed by atoms with Gasteiger partial charge in [0.2, 0.25) is 0 Å². The number of nitriles is 1. The molecular formula is C38H51N2O6P. The van der Waals surface area contributed by atoms with E-state index in [1.54, 1.807) is 0 Å². The number of hydrogen-bond donors (Lipinski definition) is 0. The lowest BCUT2D eigenvalue weighted by molar-refractivity contribution is -0.269. The molecule has 0 saturated carbocycles. The molecule has 6 atom stereocenters. The summed E-state index contributed by atoms with van der Waals surface area (Å²) in [5.41, 5.74) is 3.21. The molecule has 3 aromatic carbocycles. The van der Waals surface area contributed by atoms with Crippen molar-refractivity contribution in [3.05, 3.63) is 108 Å². The first-order valence-corrected chi connectivity index (χ1v) is 17.9. The van der Waals surface area contributed by atoms with Gasteiger partial charge in [0.15, 0.2) is 0 Å². The van der Waals surface area contributed by atoms with Crippen molar-refractivity contribution in [2.75, 3.05) is 13.2 Å². The monoisotopic (exact) mass is 662 g/mol. The lowest BCUT2D eigenvalue weighted by Gasteiger charge is -2.46. The first-order valence-electron chi connectivity index (χ1n) is 16.7. The van der Waals surface area contributed by atoms with E-state index in [4.69, 9.17) is 28.0 Å². The van der Waals surface area contributed by atoms with Gasteiger partial charge in [-0.3, -0.25) is 0 Å². The molecule has 0 aliphatic carbocycles. The summed E-state index contributed by atoms with van der Waals surface area (Å²) in [6.45, 7) is 12.4. The van der Waals surface area contributed by atoms with Crippen LogP contribution in [0.5, 0.6) is 0 Å². The number of rotatable bonds is 19. The van der Waals surface area contributed by atoms with Crippen LogP contribution in [0.2, 0.25) is 0 Å². The Hall–Kier alpha value is -2.70. The third-order valence-electron chi connectivity index (χ3n) is 8.00. The fourth-order valence-corrected chi connectivity index (χ4v) is 7.41. The third-order valence-corrected chi connectivity index (χ3v) is 10.1. The van der Waals surface area contributed by atoms with Crippen LogP contribution in [0.1, 0.15) is 64.2 Å². The Morgan fingerprint density at radius 2 is 1.13 bits per heavy atom. The van der Waals surface area contributed by atoms with E-state index in [9.17, 15) is 5.26 Å². The minimum Gasteiger partial charge on any atom is -0.368 e. The van der Waals surface area contributed by atoms with Gasteiger partial charge in [-0.2, -0.15) is 5.26 Å². The normalized spacial score (nSPS) is 22.1. The van der Waals surface area contributed by atoms with Crippen LogP contribution < -0.4 is 0 Å². The van der Waals surface area contributed by atoms with Gasteiger partial charge in [0.25, 0.3) is 8.53 Å². The highest BCUT2D eigenvalue weighted by Gasteiger charge is 2.48. The van der Waals surface area contributed by atoms with Crippen molar-refractivity contribution >= 4 is 8.53 Å². The zero-order chi connectivity index (χ0) is 33.4. The maximum atomic E-state index is 9.18. The summed E-state index contributed by atoms with van der Waals surface area (Å²) in [4.78, 5) is 0. The predicted octanol–water partition coefficient (Wildman–Crippen LogP) is 8.21. The Labute approximate surface area is 282 Å². The SMILES string of the molecule is CC[C@H]1O[C@@H](COP(OCCC#N)N(C(C)C)C(C)C)[C@H](OCc2ccccc2)[C@@H](OCc2ccccc2)[C@@H]1OCc1ccccc1. The standard InChI is InChI=1S/C38H51N2O6P/c1-6-34-36(41-25-31-17-10-7-11-18-31)38(43-27-33-21-14-9-15-22-33)37(42-26-32-19-12-8-13-20-32)35(46-34)28-45-47(44-24-16-23-39)40(29(2)3)30(4)5/h7-15,17-22,29-30,34-38H,6,16,24-28H2,1-5H3/t34-,35+,36-,37+,38+,47?/m1/s1. The van der Waals surface area contributed by atoms with E-state index < -0.39 is 26.8 Å². The molecule has 1 fully saturated rings. The van der Waals surface area contributed by atoms with E-state index in [-0.39, 0.29) is 30.9 Å². The average molecular weight is 663 g/mol. The van der Waals surface area contributed by atoms with Gasteiger partial charge in [0.1, 0.15) is 24.4 Å². The minimum atomic E-state index is -1.46. The summed E-state index contributed by atoms with van der Waals surface area (Å²) in [6, 6.07) is 33.0. The molecule has 8 nitrogen and oxygen atoms in total. The summed E-state index contributed by atoms with van der Waals surface area (Å²) in [6.07, 6.45) is -0.991. The van der Waals surface area contributed by atoms with E-state index in [0.29, 0.717) is 32.8 Å². The number of benzene rings is 3. The lowest BCUT2D eigenvalue weighted by atomic mass is 9.93. The van der Waals surface area contributed by atoms with Crippen LogP contribution in [0.4, 0.5) is 0 Å². The maximum absolute atomic E-state index is 9.18. The van der Waals surface area contributed by atoms with Crippen LogP contribution >= 0.6 is 8.53 Å². The van der Waals surface area contributed by atoms with Crippen molar-refractivity contribution in [1.82, 2.24) is 4.67 Å². The average Bonchev–Trinajstić information content (AvgIpc) is 3.09. The van der Waals surface area contributed by atoms with Gasteiger partial charge in [0.05, 0.1) is 51.6 Å². The second kappa shape index (κ2) is 20.0. The van der Waals surface area contributed by atoms with Crippen molar-refractivity contribution in [2.45, 2.75) is 110 Å². The summed E-state index contributed by atoms with van der Waals surface area (Å²) in [7, 11) is -1.46. The van der Waals surface area contributed by atoms with Crippen molar-refractivity contribution < 1.29 is 28.0 Å². The molecule has 0 bridgehead atoms. The molecule has 254 valence electrons. The number of ether oxygens (including phenoxy) is 4. The van der Waals surface area contributed by atoms with Crippen LogP contribution in [-0.4, -0.2) is 60.5 Å². The molecule has 0 radical (unpaired) electrons. The Morgan fingerprint density at radius 3 is 1.55 bits per heavy atom. The van der Waals surface area contributed by atoms with Crippen LogP contribution in [0.3, 0.4) is 0 Å². The second-order valence-corrected chi connectivity index (χ2v) is 13.7. The van der Waals surface area contributed by atoms with Gasteiger partial charge in [0, 0.05) is 12.1 Å². The highest BCUT2D eigenvalue weighted by Crippen LogP contribution is 2.47. The van der Waals surface area contributed by atoms with E-state index >= 15 is 0 Å². The van der Waals surface area contributed by atoms with Crippen molar-refractivity contribution in [3.8, 4) is 6.07 Å². The quantitative estimate of drug-likeness (QED) is 0.0939. The van der Waals surface area contributed by atoms with E-state index in [1.165, 1.54) is 0 Å². The highest BCUT2D eigenvalue weighted by atomic mass is 31.2. The zero-order valence-corrected chi connectivity index (χ0v) is 29.3. The summed E-state index contributed by atoms with van der Waals surface area (Å²) < 4.78 is 42.1. The first-order chi connectivity index (χ1) is 22.9. The van der Waals surface area contributed by atoms with Crippen LogP contribution in [0.25, 0.3) is 0 Å². The molecule has 9 heteroatoms. The van der Waals surface area contributed by atoms with E-state index in [2.05, 4.69) is 81.8 Å². The molecule has 1 heterocycles. The van der Waals surface area contributed by atoms with Crippen LogP contribution in [-0.2, 0) is 47.8 Å². The van der Waals surface area contributed by atoms with Crippen LogP contribution in [0, 0.1) is 11.3 Å². The van der Waals surface area contributed by atoms with E-state index in [1.807, 2.05) is 54.6 Å². The fourth-order valence-electron chi connectivity index (χ4n) is 5.80. The molecular weight excluding hydrogens is 611 g/mol. The lowest BCUT2D eigenvalue weighted by Crippen LogP contribution is -2.61. The van der Waals surface area contributed by atoms with Crippen LogP contribution in [0.15, 0.2) is 91.0 Å². The topological polar surface area (TPSA) is 82.4 Å². The molecule has 4 rings (SSSR count). The Bertz CT molecular complexity index is 1300. The Balaban J connectivity index is 1.64. The zero-order valence-electron chi connectivity index (χ0n) is 28.4. The smallest absolute Gasteiger partial charge is 0.259 e. The van der Waals surface area contributed by atoms with Crippen molar-refractivity contribution in [1.29, 1.82) is 5.26 Å². The molecule has 47 heavy (non-hydrogen) atoms. The van der Waals surface area contributed by atoms with Gasteiger partial charge in [-0.1, -0.05) is 97.9 Å². The fraction of sp³-hybridized carbons (Fsp3) is 0.500. The molecule has 3 aromatic rings. The van der Waals surface area contributed by atoms with E-state index in [0.717, 1.165) is 23.1 Å². The third kappa shape index (κ3) is 11.5. The van der Waals surface area contributed by atoms with Gasteiger partial charge in [-0.05, 0) is 50.8 Å².